The first-order valence-electron chi connectivity index (χ1n) is 15.1. The van der Waals surface area contributed by atoms with E-state index in [9.17, 15) is 19.2 Å². The van der Waals surface area contributed by atoms with Crippen LogP contribution < -0.4 is 11.1 Å². The van der Waals surface area contributed by atoms with Crippen LogP contribution in [0.3, 0.4) is 0 Å². The number of Topliss-reactive ketones (excluding diaryl/α,β-unsaturated/α-hetero) is 1. The second-order valence-corrected chi connectivity index (χ2v) is 14.1. The fraction of sp³-hybridized carbons (Fsp3) is 0.576. The number of amides is 1. The first-order valence-corrected chi connectivity index (χ1v) is 15.1. The molecular weight excluding hydrogens is 548 g/mol. The minimum absolute atomic E-state index is 0.0212. The van der Waals surface area contributed by atoms with Crippen molar-refractivity contribution in [2.75, 3.05) is 33.0 Å². The van der Waals surface area contributed by atoms with Gasteiger partial charge >= 0.3 is 11.9 Å². The molecule has 234 valence electrons. The van der Waals surface area contributed by atoms with E-state index in [0.29, 0.717) is 41.5 Å². The van der Waals surface area contributed by atoms with E-state index < -0.39 is 18.0 Å². The molecule has 3 N–H and O–H groups in total. The number of carbonyl (C=O) groups excluding carboxylic acids is 4. The number of anilines is 1. The van der Waals surface area contributed by atoms with Crippen molar-refractivity contribution >= 4 is 29.3 Å². The van der Waals surface area contributed by atoms with Crippen LogP contribution in [0.1, 0.15) is 91.3 Å². The maximum atomic E-state index is 12.9. The van der Waals surface area contributed by atoms with Crippen molar-refractivity contribution in [3.63, 3.8) is 0 Å². The fourth-order valence-corrected chi connectivity index (χ4v) is 6.48. The minimum Gasteiger partial charge on any atom is -0.462 e. The van der Waals surface area contributed by atoms with Gasteiger partial charge in [-0.15, -0.1) is 0 Å². The standard InChI is InChI=1S/C33H46N4O6/c1-20-18-36(28-16-33(3,4)17-29(39)31(20)28)23-10-13-26(32(34)41)27(14-23)35-22-8-11-24(12-9-22)43-30(40)15-25(42-21(2)38)19-37(5,6)7/h10,13-14,18,22,24-25H,8-9,11-12,15-17,19H2,1-7H3,(H2-,34,35,41)/p+1. The molecule has 1 heterocycles. The number of primary amides is 1. The van der Waals surface area contributed by atoms with Crippen molar-refractivity contribution in [3.05, 3.63) is 46.8 Å². The molecule has 1 aromatic carbocycles. The monoisotopic (exact) mass is 595 g/mol. The van der Waals surface area contributed by atoms with Crippen LogP contribution in [0.5, 0.6) is 0 Å². The van der Waals surface area contributed by atoms with Gasteiger partial charge in [-0.2, -0.15) is 0 Å². The van der Waals surface area contributed by atoms with Crippen LogP contribution in [-0.2, 0) is 25.5 Å². The first kappa shape index (κ1) is 32.3. The predicted octanol–water partition coefficient (Wildman–Crippen LogP) is 4.33. The average molecular weight is 596 g/mol. The average Bonchev–Trinajstić information content (AvgIpc) is 3.18. The molecule has 2 aromatic rings. The summed E-state index contributed by atoms with van der Waals surface area (Å²) in [5.74, 6) is -1.13. The molecule has 0 saturated heterocycles. The highest BCUT2D eigenvalue weighted by Gasteiger charge is 2.35. The highest BCUT2D eigenvalue weighted by atomic mass is 16.6. The van der Waals surface area contributed by atoms with Crippen LogP contribution >= 0.6 is 0 Å². The Hall–Kier alpha value is -3.66. The smallest absolute Gasteiger partial charge is 0.310 e. The topological polar surface area (TPSA) is 130 Å². The van der Waals surface area contributed by atoms with Gasteiger partial charge in [0, 0.05) is 48.2 Å². The lowest BCUT2D eigenvalue weighted by atomic mass is 9.75. The zero-order valence-corrected chi connectivity index (χ0v) is 26.6. The maximum absolute atomic E-state index is 12.9. The summed E-state index contributed by atoms with van der Waals surface area (Å²) >= 11 is 0. The molecule has 0 radical (unpaired) electrons. The van der Waals surface area contributed by atoms with Gasteiger partial charge in [0.1, 0.15) is 12.6 Å². The molecule has 2 aliphatic rings. The molecule has 0 spiro atoms. The van der Waals surface area contributed by atoms with Gasteiger partial charge in [-0.1, -0.05) is 13.8 Å². The number of nitrogens with one attached hydrogen (secondary N) is 1. The summed E-state index contributed by atoms with van der Waals surface area (Å²) in [6.07, 6.45) is 5.40. The van der Waals surface area contributed by atoms with E-state index in [-0.39, 0.29) is 35.7 Å². The Balaban J connectivity index is 1.43. The molecule has 4 rings (SSSR count). The highest BCUT2D eigenvalue weighted by molar-refractivity contribution is 6.01. The molecule has 2 aliphatic carbocycles. The number of carbonyl (C=O) groups is 4. The number of nitrogens with two attached hydrogens (primary N) is 1. The number of fused-ring (bicyclic) bond motifs is 1. The summed E-state index contributed by atoms with van der Waals surface area (Å²) < 4.78 is 13.8. The van der Waals surface area contributed by atoms with Crippen LogP contribution in [0.25, 0.3) is 5.69 Å². The second kappa shape index (κ2) is 12.5. The molecular formula is C33H47N4O6+. The maximum Gasteiger partial charge on any atom is 0.310 e. The Kier molecular flexibility index (Phi) is 9.39. The number of benzene rings is 1. The number of ketones is 1. The molecule has 1 saturated carbocycles. The summed E-state index contributed by atoms with van der Waals surface area (Å²) in [7, 11) is 5.93. The van der Waals surface area contributed by atoms with Gasteiger partial charge in [0.25, 0.3) is 5.91 Å². The number of rotatable bonds is 10. The van der Waals surface area contributed by atoms with E-state index in [2.05, 4.69) is 23.7 Å². The van der Waals surface area contributed by atoms with Crippen LogP contribution in [0.4, 0.5) is 5.69 Å². The summed E-state index contributed by atoms with van der Waals surface area (Å²) in [6, 6.07) is 5.60. The molecule has 1 unspecified atom stereocenters. The van der Waals surface area contributed by atoms with E-state index in [4.69, 9.17) is 15.2 Å². The summed E-state index contributed by atoms with van der Waals surface area (Å²) in [5.41, 5.74) is 10.3. The molecule has 1 aromatic heterocycles. The molecule has 10 nitrogen and oxygen atoms in total. The van der Waals surface area contributed by atoms with Crippen LogP contribution in [0.2, 0.25) is 0 Å². The number of likely N-dealkylation sites (N-methyl/N-ethyl adjacent to an activating group) is 1. The van der Waals surface area contributed by atoms with Gasteiger partial charge in [-0.3, -0.25) is 19.2 Å². The molecule has 43 heavy (non-hydrogen) atoms. The quantitative estimate of drug-likeness (QED) is 0.309. The van der Waals surface area contributed by atoms with E-state index in [1.165, 1.54) is 6.92 Å². The van der Waals surface area contributed by atoms with Gasteiger partial charge in [-0.25, -0.2) is 0 Å². The molecule has 0 bridgehead atoms. The van der Waals surface area contributed by atoms with Crippen molar-refractivity contribution in [1.82, 2.24) is 4.57 Å². The number of aromatic nitrogens is 1. The SMILES string of the molecule is CC(=O)OC(CC(=O)OC1CCC(Nc2cc(-n3cc(C)c4c3CC(C)(C)CC4=O)ccc2C(N)=O)CC1)C[N+](C)(C)C. The van der Waals surface area contributed by atoms with E-state index in [1.807, 2.05) is 46.4 Å². The van der Waals surface area contributed by atoms with Gasteiger partial charge in [0.05, 0.1) is 33.1 Å². The third-order valence-corrected chi connectivity index (χ3v) is 8.22. The Morgan fingerprint density at radius 1 is 1.12 bits per heavy atom. The van der Waals surface area contributed by atoms with Crippen molar-refractivity contribution in [1.29, 1.82) is 0 Å². The van der Waals surface area contributed by atoms with Gasteiger partial charge in [0.2, 0.25) is 0 Å². The lowest BCUT2D eigenvalue weighted by molar-refractivity contribution is -0.873. The fourth-order valence-electron chi connectivity index (χ4n) is 6.48. The Labute approximate surface area is 254 Å². The summed E-state index contributed by atoms with van der Waals surface area (Å²) in [6.45, 7) is 8.04. The molecule has 1 atom stereocenters. The predicted molar refractivity (Wildman–Crippen MR) is 164 cm³/mol. The van der Waals surface area contributed by atoms with Crippen LogP contribution in [-0.4, -0.2) is 78.6 Å². The second-order valence-electron chi connectivity index (χ2n) is 14.1. The minimum atomic E-state index is -0.540. The zero-order valence-electron chi connectivity index (χ0n) is 26.6. The van der Waals surface area contributed by atoms with Crippen molar-refractivity contribution in [2.45, 2.75) is 90.9 Å². The van der Waals surface area contributed by atoms with Gasteiger partial charge in [-0.05, 0) is 68.2 Å². The molecule has 10 heteroatoms. The number of aryl methyl sites for hydroxylation is 1. The Morgan fingerprint density at radius 3 is 2.40 bits per heavy atom. The number of nitrogens with zero attached hydrogens (tertiary/aromatic N) is 2. The van der Waals surface area contributed by atoms with Gasteiger partial charge in [0.15, 0.2) is 11.9 Å². The van der Waals surface area contributed by atoms with E-state index >= 15 is 0 Å². The first-order chi connectivity index (χ1) is 20.0. The zero-order chi connectivity index (χ0) is 31.7. The highest BCUT2D eigenvalue weighted by Crippen LogP contribution is 2.38. The van der Waals surface area contributed by atoms with Crippen molar-refractivity contribution in [2.24, 2.45) is 11.1 Å². The van der Waals surface area contributed by atoms with E-state index in [1.54, 1.807) is 6.07 Å². The molecule has 1 fully saturated rings. The van der Waals surface area contributed by atoms with Gasteiger partial charge < -0.3 is 29.6 Å². The van der Waals surface area contributed by atoms with Crippen molar-refractivity contribution in [3.8, 4) is 5.69 Å². The van der Waals surface area contributed by atoms with Crippen molar-refractivity contribution < 1.29 is 33.1 Å². The Morgan fingerprint density at radius 2 is 1.79 bits per heavy atom. The Bertz CT molecular complexity index is 1390. The van der Waals surface area contributed by atoms with Crippen LogP contribution in [0.15, 0.2) is 24.4 Å². The molecule has 1 amide bonds. The molecule has 0 aliphatic heterocycles. The summed E-state index contributed by atoms with van der Waals surface area (Å²) in [5, 5.41) is 3.53. The summed E-state index contributed by atoms with van der Waals surface area (Å²) in [4.78, 5) is 49.5. The number of hydrogen-bond acceptors (Lipinski definition) is 7. The third-order valence-electron chi connectivity index (χ3n) is 8.22. The van der Waals surface area contributed by atoms with Crippen LogP contribution in [0, 0.1) is 12.3 Å². The number of esters is 2. The lowest BCUT2D eigenvalue weighted by Crippen LogP contribution is -2.44. The number of quaternary nitrogens is 1. The van der Waals surface area contributed by atoms with E-state index in [0.717, 1.165) is 41.8 Å². The normalized spacial score (nSPS) is 20.6. The number of hydrogen-bond donors (Lipinski definition) is 2. The number of ether oxygens (including phenoxy) is 2. The lowest BCUT2D eigenvalue weighted by Gasteiger charge is -2.31. The largest absolute Gasteiger partial charge is 0.462 e. The third kappa shape index (κ3) is 8.25.